The molecule has 6 rings (SSSR count). The molecule has 5 heterocycles. The van der Waals surface area contributed by atoms with Crippen molar-refractivity contribution in [2.24, 2.45) is 0 Å². The number of piperazine rings is 1. The van der Waals surface area contributed by atoms with Crippen LogP contribution in [0.25, 0.3) is 10.9 Å². The number of rotatable bonds is 3. The van der Waals surface area contributed by atoms with Crippen molar-refractivity contribution in [1.29, 1.82) is 0 Å². The van der Waals surface area contributed by atoms with E-state index >= 15 is 0 Å². The number of carbonyl (C=O) groups is 2. The third-order valence-electron chi connectivity index (χ3n) is 8.29. The molecule has 204 valence electrons. The minimum atomic E-state index is -2.20. The predicted octanol–water partition coefficient (Wildman–Crippen LogP) is 3.51. The van der Waals surface area contributed by atoms with E-state index in [2.05, 4.69) is 0 Å². The molecule has 0 aliphatic carbocycles. The zero-order valence-corrected chi connectivity index (χ0v) is 22.7. The van der Waals surface area contributed by atoms with Gasteiger partial charge in [-0.2, -0.15) is 0 Å². The van der Waals surface area contributed by atoms with Gasteiger partial charge in [-0.05, 0) is 58.7 Å². The minimum Gasteiger partial charge on any atom is -0.497 e. The molecule has 0 bridgehead atoms. The van der Waals surface area contributed by atoms with Crippen LogP contribution in [0.4, 0.5) is 0 Å². The molecule has 10 nitrogen and oxygen atoms in total. The van der Waals surface area contributed by atoms with Crippen LogP contribution in [-0.2, 0) is 24.1 Å². The Hall–Kier alpha value is -2.92. The highest BCUT2D eigenvalue weighted by atomic mass is 17.2. The molecule has 0 radical (unpaired) electrons. The molecule has 1 N–H and O–H groups in total. The highest BCUT2D eigenvalue weighted by Crippen LogP contribution is 2.56. The van der Waals surface area contributed by atoms with Crippen molar-refractivity contribution < 1.29 is 33.9 Å². The largest absolute Gasteiger partial charge is 0.497 e. The van der Waals surface area contributed by atoms with Gasteiger partial charge < -0.3 is 24.0 Å². The first-order chi connectivity index (χ1) is 18.0. The van der Waals surface area contributed by atoms with Crippen LogP contribution in [-0.4, -0.2) is 69.4 Å². The highest BCUT2D eigenvalue weighted by Gasteiger charge is 2.67. The topological polar surface area (TPSA) is 103 Å². The number of hydrogen-bond acceptors (Lipinski definition) is 7. The maximum atomic E-state index is 14.2. The van der Waals surface area contributed by atoms with Crippen LogP contribution in [0, 0.1) is 0 Å². The lowest BCUT2D eigenvalue weighted by Gasteiger charge is -2.56. The zero-order valence-electron chi connectivity index (χ0n) is 22.7. The molecule has 0 spiro atoms. The van der Waals surface area contributed by atoms with E-state index in [1.54, 1.807) is 7.11 Å². The summed E-state index contributed by atoms with van der Waals surface area (Å²) in [5, 5.41) is 13.2. The van der Waals surface area contributed by atoms with Gasteiger partial charge >= 0.3 is 0 Å². The Balaban J connectivity index is 1.73. The maximum absolute atomic E-state index is 14.2. The number of aliphatic hydroxyl groups is 1. The molecule has 2 fully saturated rings. The molecule has 38 heavy (non-hydrogen) atoms. The first-order valence-electron chi connectivity index (χ1n) is 13.1. The quantitative estimate of drug-likeness (QED) is 0.483. The molecule has 4 aliphatic heterocycles. The number of ether oxygens (including phenoxy) is 2. The molecule has 1 aromatic carbocycles. The second-order valence-electron chi connectivity index (χ2n) is 11.6. The molecule has 1 aromatic heterocycles. The lowest BCUT2D eigenvalue weighted by atomic mass is 9.79. The zero-order chi connectivity index (χ0) is 27.1. The number of nitrogens with zero attached hydrogens (tertiary/aromatic N) is 3. The van der Waals surface area contributed by atoms with E-state index in [-0.39, 0.29) is 5.91 Å². The fraction of sp³-hybridized carbons (Fsp3) is 0.571. The fourth-order valence-corrected chi connectivity index (χ4v) is 6.80. The van der Waals surface area contributed by atoms with E-state index < -0.39 is 41.6 Å². The van der Waals surface area contributed by atoms with Crippen LogP contribution in [0.5, 0.6) is 5.75 Å². The van der Waals surface area contributed by atoms with Crippen molar-refractivity contribution >= 4 is 22.7 Å². The Kier molecular flexibility index (Phi) is 5.70. The van der Waals surface area contributed by atoms with Crippen molar-refractivity contribution in [2.75, 3.05) is 20.8 Å². The van der Waals surface area contributed by atoms with Gasteiger partial charge in [-0.25, -0.2) is 9.78 Å². The number of carbonyl (C=O) groups excluding carboxylic acids is 2. The molecule has 4 aliphatic rings. The summed E-state index contributed by atoms with van der Waals surface area (Å²) in [5.74, 6) is -0.130. The third-order valence-corrected chi connectivity index (χ3v) is 8.29. The first kappa shape index (κ1) is 25.4. The summed E-state index contributed by atoms with van der Waals surface area (Å²) in [4.78, 5) is 43.2. The molecule has 2 aromatic rings. The Morgan fingerprint density at radius 3 is 2.63 bits per heavy atom. The van der Waals surface area contributed by atoms with Crippen molar-refractivity contribution in [1.82, 2.24) is 14.4 Å². The van der Waals surface area contributed by atoms with Gasteiger partial charge in [0.2, 0.25) is 5.91 Å². The molecule has 0 saturated carbocycles. The van der Waals surface area contributed by atoms with Crippen molar-refractivity contribution in [2.45, 2.75) is 82.7 Å². The average Bonchev–Trinajstić information content (AvgIpc) is 3.48. The Morgan fingerprint density at radius 2 is 1.95 bits per heavy atom. The summed E-state index contributed by atoms with van der Waals surface area (Å²) in [7, 11) is 3.07. The van der Waals surface area contributed by atoms with E-state index in [1.165, 1.54) is 16.9 Å². The molecule has 2 amide bonds. The molecular weight excluding hydrogens is 490 g/mol. The molecule has 5 atom stereocenters. The molecule has 2 saturated heterocycles. The Labute approximate surface area is 221 Å². The SMILES string of the molecule is COc1ccc2c3c4n(c2c1)[C@@H](C=C(C)C)OOC(C)(C)C[C@@H]4N1C(=O)[C@@H]2CCCN2C(=O)[C@@]1(O)[C@H]3OC. The number of fused-ring (bicyclic) bond motifs is 6. The van der Waals surface area contributed by atoms with Gasteiger partial charge in [-0.3, -0.25) is 14.5 Å². The number of amides is 2. The van der Waals surface area contributed by atoms with Crippen LogP contribution in [0.1, 0.15) is 76.6 Å². The van der Waals surface area contributed by atoms with E-state index in [1.807, 2.05) is 56.5 Å². The Bertz CT molecular complexity index is 1360. The van der Waals surface area contributed by atoms with Crippen molar-refractivity contribution in [3.8, 4) is 5.75 Å². The van der Waals surface area contributed by atoms with Gasteiger partial charge in [0, 0.05) is 37.1 Å². The number of benzene rings is 1. The van der Waals surface area contributed by atoms with Crippen LogP contribution in [0.15, 0.2) is 29.8 Å². The first-order valence-corrected chi connectivity index (χ1v) is 13.1. The number of hydrogen-bond donors (Lipinski definition) is 1. The van der Waals surface area contributed by atoms with E-state index in [0.29, 0.717) is 37.1 Å². The summed E-state index contributed by atoms with van der Waals surface area (Å²) in [6.45, 7) is 8.15. The summed E-state index contributed by atoms with van der Waals surface area (Å²) >= 11 is 0. The normalized spacial score (nSPS) is 31.9. The summed E-state index contributed by atoms with van der Waals surface area (Å²) in [6.07, 6.45) is 1.73. The Morgan fingerprint density at radius 1 is 1.18 bits per heavy atom. The van der Waals surface area contributed by atoms with E-state index in [0.717, 1.165) is 22.2 Å². The number of allylic oxidation sites excluding steroid dienone is 1. The average molecular weight is 526 g/mol. The predicted molar refractivity (Wildman–Crippen MR) is 137 cm³/mol. The maximum Gasteiger partial charge on any atom is 0.279 e. The second-order valence-corrected chi connectivity index (χ2v) is 11.6. The third kappa shape index (κ3) is 3.33. The highest BCUT2D eigenvalue weighted by molar-refractivity contribution is 6.02. The van der Waals surface area contributed by atoms with Gasteiger partial charge in [-0.15, -0.1) is 0 Å². The summed E-state index contributed by atoms with van der Waals surface area (Å²) in [6, 6.07) is 4.37. The van der Waals surface area contributed by atoms with Gasteiger partial charge in [-0.1, -0.05) is 5.57 Å². The number of methoxy groups -OCH3 is 2. The molecular formula is C28H35N3O7. The number of aromatic nitrogens is 1. The van der Waals surface area contributed by atoms with Gasteiger partial charge in [0.05, 0.1) is 24.4 Å². The lowest BCUT2D eigenvalue weighted by Crippen LogP contribution is -2.74. The van der Waals surface area contributed by atoms with Gasteiger partial charge in [0.15, 0.2) is 6.23 Å². The van der Waals surface area contributed by atoms with Gasteiger partial charge in [0.1, 0.15) is 23.5 Å². The van der Waals surface area contributed by atoms with Crippen LogP contribution >= 0.6 is 0 Å². The van der Waals surface area contributed by atoms with Gasteiger partial charge in [0.25, 0.3) is 11.6 Å². The minimum absolute atomic E-state index is 0.271. The smallest absolute Gasteiger partial charge is 0.279 e. The van der Waals surface area contributed by atoms with Crippen LogP contribution in [0.2, 0.25) is 0 Å². The van der Waals surface area contributed by atoms with Crippen LogP contribution < -0.4 is 4.74 Å². The molecule has 0 unspecified atom stereocenters. The summed E-state index contributed by atoms with van der Waals surface area (Å²) in [5.41, 5.74) is 0.152. The molecule has 10 heteroatoms. The summed E-state index contributed by atoms with van der Waals surface area (Å²) < 4.78 is 13.5. The fourth-order valence-electron chi connectivity index (χ4n) is 6.80. The van der Waals surface area contributed by atoms with Crippen molar-refractivity contribution in [3.05, 3.63) is 41.1 Å². The standard InChI is InChI=1S/C28H35N3O7/c1-15(2)12-21-30-19-13-16(35-5)9-10-17(19)22-23(30)20(14-27(3,4)38-37-21)31-25(32)18-8-7-11-29(18)26(33)28(31,34)24(22)36-6/h9-10,12-13,18,20-21,24,34H,7-8,11,14H2,1-6H3/t18-,20-,21+,24-,28-/m0/s1. The van der Waals surface area contributed by atoms with Crippen LogP contribution in [0.3, 0.4) is 0 Å². The monoisotopic (exact) mass is 525 g/mol. The van der Waals surface area contributed by atoms with E-state index in [9.17, 15) is 14.7 Å². The second kappa shape index (κ2) is 8.54. The van der Waals surface area contributed by atoms with E-state index in [4.69, 9.17) is 19.2 Å². The lowest BCUT2D eigenvalue weighted by molar-refractivity contribution is -0.390. The van der Waals surface area contributed by atoms with Crippen molar-refractivity contribution in [3.63, 3.8) is 0 Å².